The Balaban J connectivity index is 2.35. The molecule has 1 aliphatic rings. The minimum atomic E-state index is 0.0510. The molecule has 1 atom stereocenters. The van der Waals surface area contributed by atoms with Crippen LogP contribution in [0.2, 0.25) is 0 Å². The molecule has 0 aliphatic heterocycles. The highest BCUT2D eigenvalue weighted by molar-refractivity contribution is 5.84. The SMILES string of the molecule is CCC(C)c1cc(C(C)(C)C)cc2c1-c1ccc(C(C)(C)C)cc1C2(C)C. The van der Waals surface area contributed by atoms with Gasteiger partial charge in [0.15, 0.2) is 0 Å². The van der Waals surface area contributed by atoms with Crippen LogP contribution in [0, 0.1) is 0 Å². The molecular weight excluding hydrogens is 324 g/mol. The summed E-state index contributed by atoms with van der Waals surface area (Å²) in [5.41, 5.74) is 10.8. The van der Waals surface area contributed by atoms with Crippen molar-refractivity contribution in [2.24, 2.45) is 0 Å². The first-order valence-electron chi connectivity index (χ1n) is 10.6. The topological polar surface area (TPSA) is 0 Å². The van der Waals surface area contributed by atoms with Crippen LogP contribution in [0.3, 0.4) is 0 Å². The molecule has 0 spiro atoms. The van der Waals surface area contributed by atoms with Gasteiger partial charge in [-0.05, 0) is 62.1 Å². The van der Waals surface area contributed by atoms with Gasteiger partial charge in [-0.2, -0.15) is 0 Å². The van der Waals surface area contributed by atoms with Crippen LogP contribution in [-0.4, -0.2) is 0 Å². The van der Waals surface area contributed by atoms with Crippen LogP contribution in [0.4, 0.5) is 0 Å². The molecule has 146 valence electrons. The van der Waals surface area contributed by atoms with Crippen molar-refractivity contribution >= 4 is 0 Å². The molecule has 1 aliphatic carbocycles. The molecule has 0 saturated heterocycles. The van der Waals surface area contributed by atoms with Crippen molar-refractivity contribution in [3.63, 3.8) is 0 Å². The van der Waals surface area contributed by atoms with Gasteiger partial charge < -0.3 is 0 Å². The second-order valence-corrected chi connectivity index (χ2v) is 11.2. The van der Waals surface area contributed by atoms with E-state index < -0.39 is 0 Å². The first-order chi connectivity index (χ1) is 12.3. The highest BCUT2D eigenvalue weighted by Crippen LogP contribution is 2.53. The van der Waals surface area contributed by atoms with Crippen molar-refractivity contribution < 1.29 is 0 Å². The van der Waals surface area contributed by atoms with E-state index >= 15 is 0 Å². The molecule has 0 aromatic heterocycles. The minimum absolute atomic E-state index is 0.0510. The van der Waals surface area contributed by atoms with Gasteiger partial charge in [-0.1, -0.05) is 99.6 Å². The second kappa shape index (κ2) is 6.23. The number of rotatable bonds is 2. The van der Waals surface area contributed by atoms with E-state index in [0.29, 0.717) is 5.92 Å². The van der Waals surface area contributed by atoms with Crippen molar-refractivity contribution in [3.8, 4) is 11.1 Å². The Bertz CT molecular complexity index is 866. The summed E-state index contributed by atoms with van der Waals surface area (Å²) in [7, 11) is 0. The van der Waals surface area contributed by atoms with Crippen molar-refractivity contribution in [2.75, 3.05) is 0 Å². The Morgan fingerprint density at radius 1 is 0.815 bits per heavy atom. The largest absolute Gasteiger partial charge is 0.0648 e. The lowest BCUT2D eigenvalue weighted by Gasteiger charge is -2.28. The predicted molar refractivity (Wildman–Crippen MR) is 120 cm³/mol. The quantitative estimate of drug-likeness (QED) is 0.506. The van der Waals surface area contributed by atoms with Crippen molar-refractivity contribution in [1.29, 1.82) is 0 Å². The van der Waals surface area contributed by atoms with Gasteiger partial charge in [0.25, 0.3) is 0 Å². The number of hydrogen-bond donors (Lipinski definition) is 0. The molecule has 0 saturated carbocycles. The third-order valence-electron chi connectivity index (χ3n) is 6.68. The van der Waals surface area contributed by atoms with Crippen LogP contribution >= 0.6 is 0 Å². The molecular formula is C27H38. The number of fused-ring (bicyclic) bond motifs is 3. The van der Waals surface area contributed by atoms with Crippen LogP contribution in [0.15, 0.2) is 30.3 Å². The van der Waals surface area contributed by atoms with Crippen LogP contribution in [0.5, 0.6) is 0 Å². The molecule has 3 rings (SSSR count). The zero-order chi connectivity index (χ0) is 20.4. The Morgan fingerprint density at radius 2 is 1.37 bits per heavy atom. The molecule has 1 unspecified atom stereocenters. The Labute approximate surface area is 167 Å². The first kappa shape index (κ1) is 20.2. The lowest BCUT2D eigenvalue weighted by Crippen LogP contribution is -2.19. The molecule has 0 bridgehead atoms. The van der Waals surface area contributed by atoms with E-state index in [0.717, 1.165) is 0 Å². The van der Waals surface area contributed by atoms with Crippen molar-refractivity contribution in [1.82, 2.24) is 0 Å². The smallest absolute Gasteiger partial charge is 0.0159 e. The average Bonchev–Trinajstić information content (AvgIpc) is 2.79. The van der Waals surface area contributed by atoms with Crippen LogP contribution in [0.25, 0.3) is 11.1 Å². The molecule has 0 heteroatoms. The summed E-state index contributed by atoms with van der Waals surface area (Å²) in [6, 6.07) is 12.2. The van der Waals surface area contributed by atoms with Gasteiger partial charge in [0.2, 0.25) is 0 Å². The fraction of sp³-hybridized carbons (Fsp3) is 0.556. The number of benzene rings is 2. The first-order valence-corrected chi connectivity index (χ1v) is 10.6. The molecule has 2 aromatic carbocycles. The molecule has 0 heterocycles. The summed E-state index contributed by atoms with van der Waals surface area (Å²) in [5, 5.41) is 0. The fourth-order valence-electron chi connectivity index (χ4n) is 4.39. The van der Waals surface area contributed by atoms with E-state index in [2.05, 4.69) is 99.6 Å². The van der Waals surface area contributed by atoms with Crippen LogP contribution < -0.4 is 0 Å². The molecule has 0 amide bonds. The summed E-state index contributed by atoms with van der Waals surface area (Å²) in [5.74, 6) is 0.574. The zero-order valence-corrected chi connectivity index (χ0v) is 19.2. The minimum Gasteiger partial charge on any atom is -0.0648 e. The summed E-state index contributed by atoms with van der Waals surface area (Å²) < 4.78 is 0. The second-order valence-electron chi connectivity index (χ2n) is 11.2. The number of hydrogen-bond acceptors (Lipinski definition) is 0. The van der Waals surface area contributed by atoms with E-state index in [-0.39, 0.29) is 16.2 Å². The van der Waals surface area contributed by atoms with Gasteiger partial charge in [-0.25, -0.2) is 0 Å². The van der Waals surface area contributed by atoms with Crippen molar-refractivity contribution in [3.05, 3.63) is 58.1 Å². The third-order valence-corrected chi connectivity index (χ3v) is 6.68. The maximum Gasteiger partial charge on any atom is 0.0159 e. The standard InChI is InChI=1S/C27H38/c1-11-17(2)21-14-19(26(6,7)8)16-23-24(21)20-13-12-18(25(3,4)5)15-22(20)27(23,9)10/h12-17H,11H2,1-10H3. The summed E-state index contributed by atoms with van der Waals surface area (Å²) in [6.07, 6.45) is 1.18. The van der Waals surface area contributed by atoms with Gasteiger partial charge in [0, 0.05) is 5.41 Å². The van der Waals surface area contributed by atoms with E-state index in [4.69, 9.17) is 0 Å². The van der Waals surface area contributed by atoms with Gasteiger partial charge in [-0.3, -0.25) is 0 Å². The average molecular weight is 363 g/mol. The predicted octanol–water partition coefficient (Wildman–Crippen LogP) is 8.10. The summed E-state index contributed by atoms with van der Waals surface area (Å²) in [4.78, 5) is 0. The highest BCUT2D eigenvalue weighted by atomic mass is 14.4. The molecule has 2 aromatic rings. The van der Waals surface area contributed by atoms with Crippen LogP contribution in [0.1, 0.15) is 109 Å². The molecule has 0 radical (unpaired) electrons. The van der Waals surface area contributed by atoms with E-state index in [1.165, 1.54) is 45.4 Å². The third kappa shape index (κ3) is 3.26. The molecule has 0 N–H and O–H groups in total. The Kier molecular flexibility index (Phi) is 4.65. The van der Waals surface area contributed by atoms with Crippen molar-refractivity contribution in [2.45, 2.75) is 97.8 Å². The lowest BCUT2D eigenvalue weighted by atomic mass is 9.76. The van der Waals surface area contributed by atoms with Gasteiger partial charge in [-0.15, -0.1) is 0 Å². The normalized spacial score (nSPS) is 16.8. The van der Waals surface area contributed by atoms with Gasteiger partial charge in [0.1, 0.15) is 0 Å². The maximum absolute atomic E-state index is 2.50. The Morgan fingerprint density at radius 3 is 1.89 bits per heavy atom. The zero-order valence-electron chi connectivity index (χ0n) is 19.2. The monoisotopic (exact) mass is 362 g/mol. The van der Waals surface area contributed by atoms with Gasteiger partial charge >= 0.3 is 0 Å². The van der Waals surface area contributed by atoms with E-state index in [9.17, 15) is 0 Å². The lowest BCUT2D eigenvalue weighted by molar-refractivity contribution is 0.578. The summed E-state index contributed by atoms with van der Waals surface area (Å²) in [6.45, 7) is 23.5. The van der Waals surface area contributed by atoms with E-state index in [1.807, 2.05) is 0 Å². The molecule has 0 nitrogen and oxygen atoms in total. The summed E-state index contributed by atoms with van der Waals surface area (Å²) >= 11 is 0. The molecule has 27 heavy (non-hydrogen) atoms. The maximum atomic E-state index is 2.50. The molecule has 0 fully saturated rings. The van der Waals surface area contributed by atoms with E-state index in [1.54, 1.807) is 0 Å². The highest BCUT2D eigenvalue weighted by Gasteiger charge is 2.39. The van der Waals surface area contributed by atoms with Gasteiger partial charge in [0.05, 0.1) is 0 Å². The van der Waals surface area contributed by atoms with Crippen LogP contribution in [-0.2, 0) is 16.2 Å². The Hall–Kier alpha value is -1.56. The fourth-order valence-corrected chi connectivity index (χ4v) is 4.39.